The molecule has 0 saturated carbocycles. The Bertz CT molecular complexity index is 1900. The van der Waals surface area contributed by atoms with Gasteiger partial charge in [-0.25, -0.2) is 4.79 Å². The van der Waals surface area contributed by atoms with Crippen LogP contribution in [0.4, 0.5) is 0 Å². The Balaban J connectivity index is 0.000000249. The van der Waals surface area contributed by atoms with Gasteiger partial charge in [0.15, 0.2) is 12.7 Å². The van der Waals surface area contributed by atoms with E-state index in [4.69, 9.17) is 19.3 Å². The zero-order valence-electron chi connectivity index (χ0n) is 30.6. The van der Waals surface area contributed by atoms with Gasteiger partial charge < -0.3 is 39.7 Å². The third kappa shape index (κ3) is 12.2. The van der Waals surface area contributed by atoms with Crippen molar-refractivity contribution < 1.29 is 39.1 Å². The molecule has 0 bridgehead atoms. The molecule has 10 nitrogen and oxygen atoms in total. The highest BCUT2D eigenvalue weighted by atomic mass is 16.5. The molecule has 1 amide bonds. The van der Waals surface area contributed by atoms with Crippen LogP contribution in [0.3, 0.4) is 0 Å². The van der Waals surface area contributed by atoms with Crippen LogP contribution in [0.5, 0.6) is 17.2 Å². The largest absolute Gasteiger partial charge is 0.489 e. The smallest absolute Gasteiger partial charge is 0.337 e. The second-order valence-corrected chi connectivity index (χ2v) is 13.3. The van der Waals surface area contributed by atoms with Crippen molar-refractivity contribution in [3.8, 4) is 17.2 Å². The molecule has 0 aliphatic heterocycles. The average molecular weight is 733 g/mol. The quantitative estimate of drug-likeness (QED) is 0.0978. The van der Waals surface area contributed by atoms with Crippen molar-refractivity contribution >= 4 is 11.9 Å². The number of nitrogens with one attached hydrogen (secondary N) is 1. The van der Waals surface area contributed by atoms with Crippen molar-refractivity contribution in [2.24, 2.45) is 0 Å². The van der Waals surface area contributed by atoms with E-state index in [1.165, 1.54) is 16.0 Å². The fraction of sp³-hybridized carbons (Fsp3) is 0.273. The van der Waals surface area contributed by atoms with Gasteiger partial charge in [-0.3, -0.25) is 4.79 Å². The Morgan fingerprint density at radius 3 is 1.78 bits per heavy atom. The predicted molar refractivity (Wildman–Crippen MR) is 206 cm³/mol. The minimum Gasteiger partial charge on any atom is -0.489 e. The molecule has 4 N–H and O–H groups in total. The number of likely N-dealkylation sites (N-methyl/N-ethyl adjacent to an activating group) is 1. The van der Waals surface area contributed by atoms with Crippen molar-refractivity contribution in [1.82, 2.24) is 10.2 Å². The number of aliphatic hydroxyl groups is 2. The van der Waals surface area contributed by atoms with E-state index in [1.807, 2.05) is 97.1 Å². The summed E-state index contributed by atoms with van der Waals surface area (Å²) < 4.78 is 17.1. The van der Waals surface area contributed by atoms with E-state index < -0.39 is 18.2 Å². The monoisotopic (exact) mass is 732 g/mol. The Kier molecular flexibility index (Phi) is 14.6. The number of carboxylic acid groups (broad SMARTS) is 1. The Morgan fingerprint density at radius 2 is 1.24 bits per heavy atom. The first-order valence-electron chi connectivity index (χ1n) is 17.9. The number of aryl methyl sites for hydroxylation is 1. The van der Waals surface area contributed by atoms with Gasteiger partial charge in [-0.15, -0.1) is 0 Å². The summed E-state index contributed by atoms with van der Waals surface area (Å²) in [4.78, 5) is 23.9. The van der Waals surface area contributed by atoms with Gasteiger partial charge >= 0.3 is 5.97 Å². The molecular formula is C44H48N2O8. The lowest BCUT2D eigenvalue weighted by molar-refractivity contribution is -0.147. The van der Waals surface area contributed by atoms with E-state index in [0.29, 0.717) is 36.8 Å². The summed E-state index contributed by atoms with van der Waals surface area (Å²) in [6, 6.07) is 40.1. The topological polar surface area (TPSA) is 138 Å². The Hall–Kier alpha value is -5.68. The molecule has 3 atom stereocenters. The Labute approximate surface area is 316 Å². The first-order valence-corrected chi connectivity index (χ1v) is 17.9. The summed E-state index contributed by atoms with van der Waals surface area (Å²) in [5, 5.41) is 32.3. The van der Waals surface area contributed by atoms with Crippen molar-refractivity contribution in [2.75, 3.05) is 27.2 Å². The van der Waals surface area contributed by atoms with E-state index in [2.05, 4.69) is 11.4 Å². The standard InChI is InChI=1S/C29H34N2O4.C15H14O4/c1-31(2)29(33)20-35-27-15-9-22-8-12-25(16-24(22)17-27)30-18-28(32)23-10-13-26(14-11-23)34-19-21-6-4-3-5-7-21;16-14(15(17)18)12-6-8-13(9-7-12)19-10-11-4-2-1-3-5-11/h3-7,9-11,13-15,17,25,28,30,32H,8,12,16,18-20H2,1-2H3;1-9,14,16H,10H2,(H,17,18)/t25-,28+;/m0./s1. The molecule has 0 aromatic heterocycles. The minimum absolute atomic E-state index is 0.0374. The molecule has 0 saturated heterocycles. The number of hydrogen-bond acceptors (Lipinski definition) is 8. The van der Waals surface area contributed by atoms with Crippen LogP contribution >= 0.6 is 0 Å². The maximum Gasteiger partial charge on any atom is 0.337 e. The normalized spacial score (nSPS) is 14.3. The molecule has 0 fully saturated rings. The number of aliphatic hydroxyl groups excluding tert-OH is 2. The summed E-state index contributed by atoms with van der Waals surface area (Å²) in [5.74, 6) is 0.802. The van der Waals surface area contributed by atoms with E-state index in [9.17, 15) is 19.8 Å². The highest BCUT2D eigenvalue weighted by Crippen LogP contribution is 2.27. The molecule has 1 aliphatic carbocycles. The van der Waals surface area contributed by atoms with E-state index in [1.54, 1.807) is 38.4 Å². The lowest BCUT2D eigenvalue weighted by Gasteiger charge is -2.27. The first-order chi connectivity index (χ1) is 26.1. The second kappa shape index (κ2) is 20.0. The molecule has 5 aromatic carbocycles. The fourth-order valence-corrected chi connectivity index (χ4v) is 5.82. The molecule has 1 unspecified atom stereocenters. The zero-order chi connectivity index (χ0) is 38.3. The van der Waals surface area contributed by atoms with Crippen molar-refractivity contribution in [3.63, 3.8) is 0 Å². The number of benzene rings is 5. The number of hydrogen-bond donors (Lipinski definition) is 4. The van der Waals surface area contributed by atoms with Crippen molar-refractivity contribution in [2.45, 2.75) is 50.7 Å². The molecular weight excluding hydrogens is 684 g/mol. The van der Waals surface area contributed by atoms with E-state index in [0.717, 1.165) is 41.7 Å². The third-order valence-corrected chi connectivity index (χ3v) is 9.06. The maximum atomic E-state index is 11.8. The number of aliphatic carboxylic acids is 1. The number of carbonyl (C=O) groups is 2. The number of carboxylic acids is 1. The SMILES string of the molecule is CN(C)C(=O)COc1ccc2c(c1)C[C@@H](NC[C@@H](O)c1ccc(OCc3ccccc3)cc1)CC2.O=C(O)C(O)c1ccc(OCc2ccccc2)cc1. The maximum absolute atomic E-state index is 11.8. The summed E-state index contributed by atoms with van der Waals surface area (Å²) in [6.07, 6.45) is 0.778. The van der Waals surface area contributed by atoms with Crippen LogP contribution in [0.2, 0.25) is 0 Å². The van der Waals surface area contributed by atoms with E-state index >= 15 is 0 Å². The van der Waals surface area contributed by atoms with E-state index in [-0.39, 0.29) is 18.6 Å². The van der Waals surface area contributed by atoms with Crippen LogP contribution in [0.25, 0.3) is 0 Å². The number of rotatable bonds is 15. The number of fused-ring (bicyclic) bond motifs is 1. The number of carbonyl (C=O) groups excluding carboxylic acids is 1. The molecule has 0 heterocycles. The zero-order valence-corrected chi connectivity index (χ0v) is 30.6. The van der Waals surface area contributed by atoms with Gasteiger partial charge in [-0.05, 0) is 89.0 Å². The van der Waals surface area contributed by atoms with Crippen molar-refractivity contribution in [3.05, 3.63) is 161 Å². The third-order valence-electron chi connectivity index (χ3n) is 9.06. The summed E-state index contributed by atoms with van der Waals surface area (Å²) in [7, 11) is 3.44. The summed E-state index contributed by atoms with van der Waals surface area (Å²) in [6.45, 7) is 1.49. The lowest BCUT2D eigenvalue weighted by Crippen LogP contribution is -2.37. The van der Waals surface area contributed by atoms with Gasteiger partial charge in [0.1, 0.15) is 30.5 Å². The van der Waals surface area contributed by atoms with Crippen LogP contribution in [0.15, 0.2) is 127 Å². The van der Waals surface area contributed by atoms with Gasteiger partial charge in [-0.2, -0.15) is 0 Å². The van der Waals surface area contributed by atoms with Gasteiger partial charge in [-0.1, -0.05) is 91.0 Å². The van der Waals surface area contributed by atoms with Crippen LogP contribution in [0.1, 0.15) is 52.0 Å². The number of ether oxygens (including phenoxy) is 3. The Morgan fingerprint density at radius 1 is 0.704 bits per heavy atom. The summed E-state index contributed by atoms with van der Waals surface area (Å²) in [5.41, 5.74) is 5.92. The van der Waals surface area contributed by atoms with Gasteiger partial charge in [0.25, 0.3) is 5.91 Å². The number of amides is 1. The predicted octanol–water partition coefficient (Wildman–Crippen LogP) is 6.30. The minimum atomic E-state index is -1.50. The van der Waals surface area contributed by atoms with Gasteiger partial charge in [0, 0.05) is 26.7 Å². The van der Waals surface area contributed by atoms with Crippen LogP contribution < -0.4 is 19.5 Å². The van der Waals surface area contributed by atoms with Crippen LogP contribution in [0, 0.1) is 0 Å². The molecule has 5 aromatic rings. The fourth-order valence-electron chi connectivity index (χ4n) is 5.82. The molecule has 282 valence electrons. The van der Waals surface area contributed by atoms with Gasteiger partial charge in [0.2, 0.25) is 0 Å². The molecule has 0 radical (unpaired) electrons. The van der Waals surface area contributed by atoms with Gasteiger partial charge in [0.05, 0.1) is 6.10 Å². The highest BCUT2D eigenvalue weighted by molar-refractivity contribution is 5.77. The molecule has 6 rings (SSSR count). The molecule has 0 spiro atoms. The summed E-state index contributed by atoms with van der Waals surface area (Å²) >= 11 is 0. The average Bonchev–Trinajstić information content (AvgIpc) is 3.21. The highest BCUT2D eigenvalue weighted by Gasteiger charge is 2.21. The molecule has 54 heavy (non-hydrogen) atoms. The first kappa shape index (κ1) is 39.5. The van der Waals surface area contributed by atoms with Crippen LogP contribution in [-0.4, -0.2) is 65.4 Å². The lowest BCUT2D eigenvalue weighted by atomic mass is 9.88. The second-order valence-electron chi connectivity index (χ2n) is 13.3. The van der Waals surface area contributed by atoms with Crippen molar-refractivity contribution in [1.29, 1.82) is 0 Å². The molecule has 1 aliphatic rings. The molecule has 10 heteroatoms. The number of nitrogens with zero attached hydrogens (tertiary/aromatic N) is 1. The van der Waals surface area contributed by atoms with Crippen LogP contribution in [-0.2, 0) is 35.6 Å².